The monoisotopic (exact) mass is 433 g/mol. The number of hydrogen-bond donors (Lipinski definition) is 1. The Hall–Kier alpha value is -2.00. The van der Waals surface area contributed by atoms with Crippen LogP contribution in [0.25, 0.3) is 16.9 Å². The molecule has 2 aromatic heterocycles. The van der Waals surface area contributed by atoms with Gasteiger partial charge in [0.15, 0.2) is 5.65 Å². The SMILES string of the molecule is NCc1ccc(-c2cccc3nc(N(I)C(=O)C4CC4)nn23)cc1. The molecule has 0 spiro atoms. The van der Waals surface area contributed by atoms with Crippen molar-refractivity contribution in [3.63, 3.8) is 0 Å². The average molecular weight is 433 g/mol. The number of amides is 1. The van der Waals surface area contributed by atoms with Gasteiger partial charge < -0.3 is 5.73 Å². The molecular weight excluding hydrogens is 417 g/mol. The molecule has 1 saturated carbocycles. The van der Waals surface area contributed by atoms with E-state index in [2.05, 4.69) is 10.1 Å². The molecule has 0 unspecified atom stereocenters. The average Bonchev–Trinajstić information content (AvgIpc) is 3.38. The predicted molar refractivity (Wildman–Crippen MR) is 101 cm³/mol. The molecule has 0 atom stereocenters. The van der Waals surface area contributed by atoms with E-state index in [9.17, 15) is 4.79 Å². The molecule has 0 saturated heterocycles. The van der Waals surface area contributed by atoms with Crippen LogP contribution < -0.4 is 8.85 Å². The van der Waals surface area contributed by atoms with Crippen LogP contribution in [-0.2, 0) is 11.3 Å². The summed E-state index contributed by atoms with van der Waals surface area (Å²) in [6.07, 6.45) is 1.93. The third-order valence-corrected chi connectivity index (χ3v) is 5.04. The van der Waals surface area contributed by atoms with Crippen LogP contribution in [0.4, 0.5) is 5.95 Å². The molecule has 1 fully saturated rings. The highest BCUT2D eigenvalue weighted by Gasteiger charge is 2.34. The van der Waals surface area contributed by atoms with Crippen molar-refractivity contribution in [1.82, 2.24) is 14.6 Å². The zero-order valence-electron chi connectivity index (χ0n) is 12.9. The second kappa shape index (κ2) is 6.14. The molecule has 0 bridgehead atoms. The van der Waals surface area contributed by atoms with Gasteiger partial charge in [-0.15, -0.1) is 5.10 Å². The third kappa shape index (κ3) is 2.78. The predicted octanol–water partition coefficient (Wildman–Crippen LogP) is 2.95. The smallest absolute Gasteiger partial charge is 0.261 e. The molecule has 6 nitrogen and oxygen atoms in total. The zero-order chi connectivity index (χ0) is 16.7. The summed E-state index contributed by atoms with van der Waals surface area (Å²) in [6.45, 7) is 0.519. The van der Waals surface area contributed by atoms with Crippen molar-refractivity contribution in [2.24, 2.45) is 11.7 Å². The molecule has 2 heterocycles. The number of aromatic nitrogens is 3. The molecule has 1 aliphatic carbocycles. The van der Waals surface area contributed by atoms with Crippen LogP contribution >= 0.6 is 22.9 Å². The molecule has 1 aromatic carbocycles. The lowest BCUT2D eigenvalue weighted by Crippen LogP contribution is -2.22. The van der Waals surface area contributed by atoms with E-state index < -0.39 is 0 Å². The number of carbonyl (C=O) groups excluding carboxylic acids is 1. The zero-order valence-corrected chi connectivity index (χ0v) is 15.1. The van der Waals surface area contributed by atoms with Crippen molar-refractivity contribution >= 4 is 40.4 Å². The Bertz CT molecular complexity index is 901. The van der Waals surface area contributed by atoms with Crippen molar-refractivity contribution in [1.29, 1.82) is 0 Å². The highest BCUT2D eigenvalue weighted by molar-refractivity contribution is 14.1. The lowest BCUT2D eigenvalue weighted by Gasteiger charge is -2.08. The van der Waals surface area contributed by atoms with Crippen molar-refractivity contribution < 1.29 is 4.79 Å². The summed E-state index contributed by atoms with van der Waals surface area (Å²) in [5.74, 6) is 0.649. The van der Waals surface area contributed by atoms with E-state index in [1.165, 1.54) is 3.11 Å². The third-order valence-electron chi connectivity index (χ3n) is 4.13. The topological polar surface area (TPSA) is 76.5 Å². The van der Waals surface area contributed by atoms with Gasteiger partial charge in [-0.3, -0.25) is 4.79 Å². The Morgan fingerprint density at radius 2 is 2.00 bits per heavy atom. The first-order valence-corrected chi connectivity index (χ1v) is 8.79. The molecule has 2 N–H and O–H groups in total. The molecule has 1 amide bonds. The van der Waals surface area contributed by atoms with Crippen LogP contribution in [0.3, 0.4) is 0 Å². The van der Waals surface area contributed by atoms with Crippen LogP contribution in [0.2, 0.25) is 0 Å². The number of rotatable bonds is 4. The summed E-state index contributed by atoms with van der Waals surface area (Å²) < 4.78 is 3.31. The maximum atomic E-state index is 12.2. The Morgan fingerprint density at radius 3 is 2.67 bits per heavy atom. The lowest BCUT2D eigenvalue weighted by atomic mass is 10.1. The summed E-state index contributed by atoms with van der Waals surface area (Å²) in [5, 5.41) is 4.54. The van der Waals surface area contributed by atoms with E-state index in [1.807, 2.05) is 65.3 Å². The van der Waals surface area contributed by atoms with Crippen molar-refractivity contribution in [3.8, 4) is 11.3 Å². The number of nitrogens with zero attached hydrogens (tertiary/aromatic N) is 4. The minimum Gasteiger partial charge on any atom is -0.326 e. The highest BCUT2D eigenvalue weighted by atomic mass is 127. The van der Waals surface area contributed by atoms with Crippen molar-refractivity contribution in [3.05, 3.63) is 48.0 Å². The Morgan fingerprint density at radius 1 is 1.25 bits per heavy atom. The first-order chi connectivity index (χ1) is 11.7. The summed E-state index contributed by atoms with van der Waals surface area (Å²) in [6, 6.07) is 13.9. The Kier molecular flexibility index (Phi) is 3.97. The fraction of sp³-hybridized carbons (Fsp3) is 0.235. The van der Waals surface area contributed by atoms with Gasteiger partial charge in [0, 0.05) is 18.0 Å². The summed E-state index contributed by atoms with van der Waals surface area (Å²) in [4.78, 5) is 16.7. The van der Waals surface area contributed by atoms with Crippen LogP contribution in [0, 0.1) is 5.92 Å². The normalized spacial score (nSPS) is 14.1. The highest BCUT2D eigenvalue weighted by Crippen LogP contribution is 2.33. The molecular formula is C17H16IN5O. The van der Waals surface area contributed by atoms with E-state index in [4.69, 9.17) is 5.73 Å². The summed E-state index contributed by atoms with van der Waals surface area (Å²) >= 11 is 1.99. The van der Waals surface area contributed by atoms with E-state index in [1.54, 1.807) is 4.52 Å². The minimum atomic E-state index is 0.0837. The fourth-order valence-corrected chi connectivity index (χ4v) is 3.19. The van der Waals surface area contributed by atoms with Gasteiger partial charge in [-0.2, -0.15) is 4.98 Å². The molecule has 7 heteroatoms. The fourth-order valence-electron chi connectivity index (χ4n) is 2.60. The van der Waals surface area contributed by atoms with E-state index in [0.29, 0.717) is 12.5 Å². The first kappa shape index (κ1) is 15.5. The van der Waals surface area contributed by atoms with Gasteiger partial charge >= 0.3 is 0 Å². The van der Waals surface area contributed by atoms with Crippen LogP contribution in [0.5, 0.6) is 0 Å². The Labute approximate surface area is 153 Å². The van der Waals surface area contributed by atoms with Gasteiger partial charge in [-0.05, 0) is 30.5 Å². The largest absolute Gasteiger partial charge is 0.326 e. The molecule has 0 aliphatic heterocycles. The van der Waals surface area contributed by atoms with E-state index in [0.717, 1.165) is 35.3 Å². The molecule has 24 heavy (non-hydrogen) atoms. The molecule has 122 valence electrons. The Balaban J connectivity index is 1.75. The van der Waals surface area contributed by atoms with Gasteiger partial charge in [0.2, 0.25) is 5.91 Å². The first-order valence-electron chi connectivity index (χ1n) is 7.82. The van der Waals surface area contributed by atoms with Crippen LogP contribution in [-0.4, -0.2) is 20.5 Å². The quantitative estimate of drug-likeness (QED) is 0.507. The number of nitrogens with two attached hydrogens (primary N) is 1. The summed E-state index contributed by atoms with van der Waals surface area (Å²) in [7, 11) is 0. The second-order valence-corrected chi connectivity index (χ2v) is 6.85. The number of anilines is 1. The minimum absolute atomic E-state index is 0.0837. The van der Waals surface area contributed by atoms with E-state index >= 15 is 0 Å². The number of halogens is 1. The van der Waals surface area contributed by atoms with Crippen molar-refractivity contribution in [2.75, 3.05) is 3.11 Å². The molecule has 4 rings (SSSR count). The molecule has 0 radical (unpaired) electrons. The number of fused-ring (bicyclic) bond motifs is 1. The van der Waals surface area contributed by atoms with Gasteiger partial charge in [0.05, 0.1) is 28.6 Å². The maximum Gasteiger partial charge on any atom is 0.261 e. The van der Waals surface area contributed by atoms with Gasteiger partial charge in [-0.25, -0.2) is 7.63 Å². The van der Waals surface area contributed by atoms with Crippen molar-refractivity contribution in [2.45, 2.75) is 19.4 Å². The van der Waals surface area contributed by atoms with Gasteiger partial charge in [-0.1, -0.05) is 30.3 Å². The van der Waals surface area contributed by atoms with E-state index in [-0.39, 0.29) is 11.8 Å². The maximum absolute atomic E-state index is 12.2. The molecule has 1 aliphatic rings. The standard InChI is InChI=1S/C17H16IN5O/c18-22(16(24)13-8-9-13)17-20-15-3-1-2-14(23(15)21-17)12-6-4-11(10-19)5-7-12/h1-7,13H,8-10,19H2. The van der Waals surface area contributed by atoms with Crippen LogP contribution in [0.1, 0.15) is 18.4 Å². The number of carbonyl (C=O) groups is 1. The van der Waals surface area contributed by atoms with Gasteiger partial charge in [0.1, 0.15) is 0 Å². The van der Waals surface area contributed by atoms with Crippen LogP contribution in [0.15, 0.2) is 42.5 Å². The number of benzene rings is 1. The second-order valence-electron chi connectivity index (χ2n) is 5.89. The van der Waals surface area contributed by atoms with Gasteiger partial charge in [0.25, 0.3) is 5.95 Å². The lowest BCUT2D eigenvalue weighted by molar-refractivity contribution is -0.118. The number of hydrogen-bond acceptors (Lipinski definition) is 4. The number of pyridine rings is 1. The summed E-state index contributed by atoms with van der Waals surface area (Å²) in [5.41, 5.74) is 9.42. The molecule has 3 aromatic rings.